The highest BCUT2D eigenvalue weighted by molar-refractivity contribution is 5.99. The third-order valence-electron chi connectivity index (χ3n) is 6.40. The molecule has 2 aromatic heterocycles. The number of likely N-dealkylation sites (tertiary alicyclic amines) is 1. The Bertz CT molecular complexity index is 1190. The molecule has 0 atom stereocenters. The molecule has 1 aliphatic heterocycles. The molecule has 1 saturated heterocycles. The maximum absolute atomic E-state index is 13.2. The Labute approximate surface area is 169 Å². The maximum atomic E-state index is 13.2. The van der Waals surface area contributed by atoms with Gasteiger partial charge in [0.15, 0.2) is 5.76 Å². The average molecular weight is 387 g/mol. The van der Waals surface area contributed by atoms with Crippen molar-refractivity contribution in [3.63, 3.8) is 0 Å². The van der Waals surface area contributed by atoms with Crippen LogP contribution in [0.2, 0.25) is 0 Å². The van der Waals surface area contributed by atoms with E-state index in [9.17, 15) is 4.79 Å². The van der Waals surface area contributed by atoms with Gasteiger partial charge in [0.25, 0.3) is 5.91 Å². The van der Waals surface area contributed by atoms with Crippen LogP contribution in [0.15, 0.2) is 40.8 Å². The van der Waals surface area contributed by atoms with Gasteiger partial charge >= 0.3 is 0 Å². The molecule has 2 aromatic carbocycles. The van der Waals surface area contributed by atoms with E-state index < -0.39 is 0 Å². The Balaban J connectivity index is 1.35. The van der Waals surface area contributed by atoms with Crippen LogP contribution in [0.1, 0.15) is 51.8 Å². The van der Waals surface area contributed by atoms with E-state index in [-0.39, 0.29) is 5.91 Å². The second kappa shape index (κ2) is 6.76. The number of para-hydroxylation sites is 2. The summed E-state index contributed by atoms with van der Waals surface area (Å²) in [6.45, 7) is 7.53. The number of aryl methyl sites for hydroxylation is 3. The minimum atomic E-state index is -0.00110. The summed E-state index contributed by atoms with van der Waals surface area (Å²) >= 11 is 0. The molecule has 0 spiro atoms. The Morgan fingerprint density at radius 2 is 1.83 bits per heavy atom. The van der Waals surface area contributed by atoms with E-state index in [1.807, 2.05) is 36.9 Å². The van der Waals surface area contributed by atoms with Crippen molar-refractivity contribution in [2.24, 2.45) is 0 Å². The van der Waals surface area contributed by atoms with Crippen molar-refractivity contribution >= 4 is 27.9 Å². The van der Waals surface area contributed by atoms with E-state index >= 15 is 0 Å². The van der Waals surface area contributed by atoms with Crippen LogP contribution in [-0.2, 0) is 0 Å². The van der Waals surface area contributed by atoms with E-state index in [0.717, 1.165) is 64.9 Å². The van der Waals surface area contributed by atoms with Crippen molar-refractivity contribution in [2.45, 2.75) is 39.5 Å². The molecule has 0 unspecified atom stereocenters. The number of rotatable bonds is 2. The summed E-state index contributed by atoms with van der Waals surface area (Å²) in [7, 11) is 0. The predicted octanol–water partition coefficient (Wildman–Crippen LogP) is 5.25. The zero-order valence-corrected chi connectivity index (χ0v) is 17.1. The summed E-state index contributed by atoms with van der Waals surface area (Å²) in [4.78, 5) is 23.3. The van der Waals surface area contributed by atoms with Crippen LogP contribution in [0.4, 0.5) is 0 Å². The quantitative estimate of drug-likeness (QED) is 0.511. The second-order valence-corrected chi connectivity index (χ2v) is 8.15. The summed E-state index contributed by atoms with van der Waals surface area (Å²) in [6.07, 6.45) is 1.81. The first-order valence-corrected chi connectivity index (χ1v) is 10.3. The molecule has 0 saturated carbocycles. The largest absolute Gasteiger partial charge is 0.450 e. The molecule has 29 heavy (non-hydrogen) atoms. The first-order valence-electron chi connectivity index (χ1n) is 10.3. The van der Waals surface area contributed by atoms with Gasteiger partial charge in [-0.3, -0.25) is 4.79 Å². The van der Waals surface area contributed by atoms with Crippen LogP contribution in [0.5, 0.6) is 0 Å². The van der Waals surface area contributed by atoms with E-state index in [1.54, 1.807) is 0 Å². The van der Waals surface area contributed by atoms with Gasteiger partial charge < -0.3 is 14.3 Å². The lowest BCUT2D eigenvalue weighted by atomic mass is 9.96. The van der Waals surface area contributed by atoms with Gasteiger partial charge in [-0.25, -0.2) is 4.98 Å². The number of hydrogen-bond donors (Lipinski definition) is 1. The molecule has 1 aliphatic rings. The summed E-state index contributed by atoms with van der Waals surface area (Å²) in [5.41, 5.74) is 6.13. The topological polar surface area (TPSA) is 62.1 Å². The lowest BCUT2D eigenvalue weighted by Gasteiger charge is -2.30. The molecule has 3 heterocycles. The van der Waals surface area contributed by atoms with Crippen molar-refractivity contribution in [3.05, 3.63) is 64.7 Å². The van der Waals surface area contributed by atoms with Crippen LogP contribution >= 0.6 is 0 Å². The van der Waals surface area contributed by atoms with E-state index in [4.69, 9.17) is 9.40 Å². The van der Waals surface area contributed by atoms with Crippen LogP contribution in [0.3, 0.4) is 0 Å². The first kappa shape index (κ1) is 18.0. The van der Waals surface area contributed by atoms with Gasteiger partial charge in [-0.1, -0.05) is 24.3 Å². The van der Waals surface area contributed by atoms with Gasteiger partial charge in [0, 0.05) is 30.0 Å². The number of imidazole rings is 1. The molecular formula is C24H25N3O2. The number of nitrogens with zero attached hydrogens (tertiary/aromatic N) is 2. The minimum absolute atomic E-state index is 0.00110. The molecule has 1 fully saturated rings. The van der Waals surface area contributed by atoms with Crippen LogP contribution in [-0.4, -0.2) is 33.9 Å². The summed E-state index contributed by atoms with van der Waals surface area (Å²) < 4.78 is 6.07. The Morgan fingerprint density at radius 1 is 1.07 bits per heavy atom. The molecule has 5 nitrogen and oxygen atoms in total. The SMILES string of the molecule is Cc1ccc2c(C)c(C(=O)N3CCC(c4nc5ccccc5[nH]4)CC3)oc2c1C. The highest BCUT2D eigenvalue weighted by atomic mass is 16.3. The smallest absolute Gasteiger partial charge is 0.289 e. The number of benzene rings is 2. The third kappa shape index (κ3) is 2.92. The Hall–Kier alpha value is -3.08. The highest BCUT2D eigenvalue weighted by Crippen LogP contribution is 2.32. The molecule has 1 N–H and O–H groups in total. The lowest BCUT2D eigenvalue weighted by Crippen LogP contribution is -2.38. The number of carbonyl (C=O) groups excluding carboxylic acids is 1. The van der Waals surface area contributed by atoms with Gasteiger partial charge in [0.1, 0.15) is 11.4 Å². The molecular weight excluding hydrogens is 362 g/mol. The number of furan rings is 1. The zero-order valence-electron chi connectivity index (χ0n) is 17.1. The lowest BCUT2D eigenvalue weighted by molar-refractivity contribution is 0.0680. The van der Waals surface area contributed by atoms with Gasteiger partial charge in [-0.2, -0.15) is 0 Å². The highest BCUT2D eigenvalue weighted by Gasteiger charge is 2.29. The molecule has 1 amide bonds. The number of hydrogen-bond acceptors (Lipinski definition) is 3. The van der Waals surface area contributed by atoms with Crippen molar-refractivity contribution in [1.82, 2.24) is 14.9 Å². The molecule has 4 aromatic rings. The Morgan fingerprint density at radius 3 is 2.59 bits per heavy atom. The van der Waals surface area contributed by atoms with E-state index in [1.165, 1.54) is 5.56 Å². The molecule has 5 rings (SSSR count). The van der Waals surface area contributed by atoms with Gasteiger partial charge in [-0.05, 0) is 56.9 Å². The van der Waals surface area contributed by atoms with E-state index in [0.29, 0.717) is 11.7 Å². The van der Waals surface area contributed by atoms with Gasteiger partial charge in [0.05, 0.1) is 11.0 Å². The van der Waals surface area contributed by atoms with Gasteiger partial charge in [-0.15, -0.1) is 0 Å². The van der Waals surface area contributed by atoms with Crippen molar-refractivity contribution in [3.8, 4) is 0 Å². The summed E-state index contributed by atoms with van der Waals surface area (Å²) in [5.74, 6) is 1.87. The van der Waals surface area contributed by atoms with Gasteiger partial charge in [0.2, 0.25) is 0 Å². The average Bonchev–Trinajstić information content (AvgIpc) is 3.32. The molecule has 5 heteroatoms. The molecule has 148 valence electrons. The maximum Gasteiger partial charge on any atom is 0.289 e. The number of aromatic amines is 1. The standard InChI is InChI=1S/C24H25N3O2/c1-14-8-9-18-16(3)22(29-21(18)15(14)2)24(28)27-12-10-17(11-13-27)23-25-19-6-4-5-7-20(19)26-23/h4-9,17H,10-13H2,1-3H3,(H,25,26). The molecule has 0 aliphatic carbocycles. The number of fused-ring (bicyclic) bond motifs is 2. The summed E-state index contributed by atoms with van der Waals surface area (Å²) in [6, 6.07) is 12.3. The predicted molar refractivity (Wildman–Crippen MR) is 114 cm³/mol. The van der Waals surface area contributed by atoms with Crippen molar-refractivity contribution < 1.29 is 9.21 Å². The Kier molecular flexibility index (Phi) is 4.19. The molecule has 0 bridgehead atoms. The number of carbonyl (C=O) groups is 1. The van der Waals surface area contributed by atoms with Crippen LogP contribution in [0.25, 0.3) is 22.0 Å². The van der Waals surface area contributed by atoms with Crippen molar-refractivity contribution in [2.75, 3.05) is 13.1 Å². The molecule has 0 radical (unpaired) electrons. The number of aromatic nitrogens is 2. The normalized spacial score (nSPS) is 15.5. The minimum Gasteiger partial charge on any atom is -0.450 e. The van der Waals surface area contributed by atoms with Crippen LogP contribution < -0.4 is 0 Å². The fraction of sp³-hybridized carbons (Fsp3) is 0.333. The second-order valence-electron chi connectivity index (χ2n) is 8.15. The number of piperidine rings is 1. The zero-order chi connectivity index (χ0) is 20.1. The number of amides is 1. The monoisotopic (exact) mass is 387 g/mol. The van der Waals surface area contributed by atoms with Crippen molar-refractivity contribution in [1.29, 1.82) is 0 Å². The third-order valence-corrected chi connectivity index (χ3v) is 6.40. The summed E-state index contributed by atoms with van der Waals surface area (Å²) in [5, 5.41) is 1.04. The fourth-order valence-corrected chi connectivity index (χ4v) is 4.39. The first-order chi connectivity index (χ1) is 14.0. The number of nitrogens with one attached hydrogen (secondary N) is 1. The van der Waals surface area contributed by atoms with E-state index in [2.05, 4.69) is 30.1 Å². The number of H-pyrrole nitrogens is 1. The fourth-order valence-electron chi connectivity index (χ4n) is 4.39. The van der Waals surface area contributed by atoms with Crippen LogP contribution in [0, 0.1) is 20.8 Å².